The van der Waals surface area contributed by atoms with Crippen LogP contribution < -0.4 is 0 Å². The number of hydrogen-bond donors (Lipinski definition) is 0. The maximum atomic E-state index is 11.9. The highest BCUT2D eigenvalue weighted by Crippen LogP contribution is 2.28. The molecule has 0 aliphatic heterocycles. The SMILES string of the molecule is CCCCOC(=O)CN(C)C(=O)CCC1CCCC1. The first-order chi connectivity index (χ1) is 9.13. The van der Waals surface area contributed by atoms with Crippen LogP contribution in [0.2, 0.25) is 0 Å². The van der Waals surface area contributed by atoms with Crippen LogP contribution in [0.5, 0.6) is 0 Å². The summed E-state index contributed by atoms with van der Waals surface area (Å²) in [6.07, 6.45) is 8.54. The van der Waals surface area contributed by atoms with Crippen molar-refractivity contribution < 1.29 is 14.3 Å². The molecule has 1 fully saturated rings. The average Bonchev–Trinajstić information content (AvgIpc) is 2.89. The van der Waals surface area contributed by atoms with Gasteiger partial charge in [0, 0.05) is 13.5 Å². The minimum atomic E-state index is -0.301. The Bertz CT molecular complexity index is 285. The Morgan fingerprint density at radius 2 is 1.95 bits per heavy atom. The van der Waals surface area contributed by atoms with Crippen LogP contribution in [0.15, 0.2) is 0 Å². The minimum Gasteiger partial charge on any atom is -0.464 e. The van der Waals surface area contributed by atoms with Crippen LogP contribution in [-0.4, -0.2) is 37.0 Å². The number of likely N-dealkylation sites (N-methyl/N-ethyl adjacent to an activating group) is 1. The number of rotatable bonds is 8. The molecule has 1 saturated carbocycles. The molecule has 110 valence electrons. The summed E-state index contributed by atoms with van der Waals surface area (Å²) in [7, 11) is 1.68. The first-order valence-corrected chi connectivity index (χ1v) is 7.53. The van der Waals surface area contributed by atoms with E-state index in [2.05, 4.69) is 0 Å². The predicted molar refractivity (Wildman–Crippen MR) is 74.7 cm³/mol. The molecule has 0 aromatic rings. The molecule has 1 rings (SSSR count). The second kappa shape index (κ2) is 8.94. The normalized spacial score (nSPS) is 15.5. The Morgan fingerprint density at radius 1 is 1.26 bits per heavy atom. The Morgan fingerprint density at radius 3 is 2.58 bits per heavy atom. The van der Waals surface area contributed by atoms with Crippen LogP contribution >= 0.6 is 0 Å². The van der Waals surface area contributed by atoms with E-state index in [0.717, 1.165) is 19.3 Å². The van der Waals surface area contributed by atoms with Gasteiger partial charge in [-0.1, -0.05) is 39.0 Å². The summed E-state index contributed by atoms with van der Waals surface area (Å²) in [6.45, 7) is 2.58. The molecule has 0 aromatic carbocycles. The van der Waals surface area contributed by atoms with Gasteiger partial charge in [0.1, 0.15) is 6.54 Å². The highest BCUT2D eigenvalue weighted by Gasteiger charge is 2.18. The van der Waals surface area contributed by atoms with Gasteiger partial charge in [-0.15, -0.1) is 0 Å². The fourth-order valence-corrected chi connectivity index (χ4v) is 2.48. The summed E-state index contributed by atoms with van der Waals surface area (Å²) in [5.41, 5.74) is 0. The molecule has 1 aliphatic carbocycles. The highest BCUT2D eigenvalue weighted by molar-refractivity contribution is 5.81. The number of ether oxygens (including phenoxy) is 1. The fraction of sp³-hybridized carbons (Fsp3) is 0.867. The van der Waals surface area contributed by atoms with Crippen molar-refractivity contribution in [1.82, 2.24) is 4.90 Å². The lowest BCUT2D eigenvalue weighted by Crippen LogP contribution is -2.33. The molecule has 19 heavy (non-hydrogen) atoms. The van der Waals surface area contributed by atoms with E-state index >= 15 is 0 Å². The number of carbonyl (C=O) groups excluding carboxylic acids is 2. The third-order valence-corrected chi connectivity index (χ3v) is 3.79. The first kappa shape index (κ1) is 16.0. The molecule has 4 heteroatoms. The Hall–Kier alpha value is -1.06. The summed E-state index contributed by atoms with van der Waals surface area (Å²) in [5, 5.41) is 0. The standard InChI is InChI=1S/C15H27NO3/c1-3-4-11-19-15(18)12-16(2)14(17)10-9-13-7-5-6-8-13/h13H,3-12H2,1-2H3. The lowest BCUT2D eigenvalue weighted by Gasteiger charge is -2.17. The van der Waals surface area contributed by atoms with Crippen molar-refractivity contribution in [2.75, 3.05) is 20.2 Å². The lowest BCUT2D eigenvalue weighted by molar-refractivity contribution is -0.148. The number of esters is 1. The van der Waals surface area contributed by atoms with Gasteiger partial charge in [0.05, 0.1) is 6.61 Å². The smallest absolute Gasteiger partial charge is 0.325 e. The predicted octanol–water partition coefficient (Wildman–Crippen LogP) is 2.76. The van der Waals surface area contributed by atoms with Crippen LogP contribution in [0, 0.1) is 5.92 Å². The van der Waals surface area contributed by atoms with Crippen molar-refractivity contribution >= 4 is 11.9 Å². The maximum Gasteiger partial charge on any atom is 0.325 e. The molecule has 1 amide bonds. The molecule has 0 bridgehead atoms. The number of unbranched alkanes of at least 4 members (excludes halogenated alkanes) is 1. The molecule has 4 nitrogen and oxygen atoms in total. The fourth-order valence-electron chi connectivity index (χ4n) is 2.48. The summed E-state index contributed by atoms with van der Waals surface area (Å²) < 4.78 is 5.05. The number of amides is 1. The van der Waals surface area contributed by atoms with E-state index in [1.807, 2.05) is 6.92 Å². The van der Waals surface area contributed by atoms with Gasteiger partial charge in [0.2, 0.25) is 5.91 Å². The van der Waals surface area contributed by atoms with Crippen LogP contribution in [-0.2, 0) is 14.3 Å². The van der Waals surface area contributed by atoms with Crippen molar-refractivity contribution in [2.24, 2.45) is 5.92 Å². The van der Waals surface area contributed by atoms with E-state index in [1.54, 1.807) is 7.05 Å². The zero-order valence-corrected chi connectivity index (χ0v) is 12.3. The quantitative estimate of drug-likeness (QED) is 0.503. The Kier molecular flexibility index (Phi) is 7.53. The highest BCUT2D eigenvalue weighted by atomic mass is 16.5. The van der Waals surface area contributed by atoms with Gasteiger partial charge in [-0.05, 0) is 18.8 Å². The van der Waals surface area contributed by atoms with Gasteiger partial charge in [0.15, 0.2) is 0 Å². The first-order valence-electron chi connectivity index (χ1n) is 7.53. The molecule has 0 unspecified atom stereocenters. The molecule has 0 spiro atoms. The third-order valence-electron chi connectivity index (χ3n) is 3.79. The lowest BCUT2D eigenvalue weighted by atomic mass is 10.0. The number of carbonyl (C=O) groups is 2. The van der Waals surface area contributed by atoms with Gasteiger partial charge in [0.25, 0.3) is 0 Å². The van der Waals surface area contributed by atoms with E-state index in [0.29, 0.717) is 18.9 Å². The largest absolute Gasteiger partial charge is 0.464 e. The van der Waals surface area contributed by atoms with Gasteiger partial charge in [-0.2, -0.15) is 0 Å². The van der Waals surface area contributed by atoms with Gasteiger partial charge < -0.3 is 9.64 Å². The summed E-state index contributed by atoms with van der Waals surface area (Å²) in [5.74, 6) is 0.471. The van der Waals surface area contributed by atoms with Crippen molar-refractivity contribution in [2.45, 2.75) is 58.3 Å². The molecule has 0 radical (unpaired) electrons. The van der Waals surface area contributed by atoms with Crippen molar-refractivity contribution in [3.8, 4) is 0 Å². The molecule has 1 aliphatic rings. The van der Waals surface area contributed by atoms with Crippen LogP contribution in [0.4, 0.5) is 0 Å². The molecule has 0 atom stereocenters. The summed E-state index contributed by atoms with van der Waals surface area (Å²) in [4.78, 5) is 24.8. The zero-order valence-electron chi connectivity index (χ0n) is 12.3. The summed E-state index contributed by atoms with van der Waals surface area (Å²) >= 11 is 0. The number of hydrogen-bond acceptors (Lipinski definition) is 3. The topological polar surface area (TPSA) is 46.6 Å². The van der Waals surface area contributed by atoms with Crippen LogP contribution in [0.3, 0.4) is 0 Å². The van der Waals surface area contributed by atoms with E-state index < -0.39 is 0 Å². The average molecular weight is 269 g/mol. The van der Waals surface area contributed by atoms with E-state index in [9.17, 15) is 9.59 Å². The van der Waals surface area contributed by atoms with Gasteiger partial charge in [-0.3, -0.25) is 9.59 Å². The minimum absolute atomic E-state index is 0.0549. The molecule has 0 aromatic heterocycles. The van der Waals surface area contributed by atoms with E-state index in [1.165, 1.54) is 30.6 Å². The van der Waals surface area contributed by atoms with E-state index in [-0.39, 0.29) is 18.4 Å². The second-order valence-electron chi connectivity index (χ2n) is 5.51. The van der Waals surface area contributed by atoms with Crippen LogP contribution in [0.1, 0.15) is 58.3 Å². The summed E-state index contributed by atoms with van der Waals surface area (Å²) in [6, 6.07) is 0. The van der Waals surface area contributed by atoms with Crippen molar-refractivity contribution in [3.05, 3.63) is 0 Å². The van der Waals surface area contributed by atoms with E-state index in [4.69, 9.17) is 4.74 Å². The molecular formula is C15H27NO3. The second-order valence-corrected chi connectivity index (χ2v) is 5.51. The maximum absolute atomic E-state index is 11.9. The molecular weight excluding hydrogens is 242 g/mol. The van der Waals surface area contributed by atoms with Crippen LogP contribution in [0.25, 0.3) is 0 Å². The van der Waals surface area contributed by atoms with Gasteiger partial charge in [-0.25, -0.2) is 0 Å². The van der Waals surface area contributed by atoms with Gasteiger partial charge >= 0.3 is 5.97 Å². The Labute approximate surface area is 116 Å². The third kappa shape index (κ3) is 6.60. The van der Waals surface area contributed by atoms with Crippen molar-refractivity contribution in [3.63, 3.8) is 0 Å². The zero-order chi connectivity index (χ0) is 14.1. The molecule has 0 N–H and O–H groups in total. The Balaban J connectivity index is 2.14. The molecule has 0 saturated heterocycles. The monoisotopic (exact) mass is 269 g/mol. The van der Waals surface area contributed by atoms with Crippen molar-refractivity contribution in [1.29, 1.82) is 0 Å². The number of nitrogens with zero attached hydrogens (tertiary/aromatic N) is 1. The molecule has 0 heterocycles.